The van der Waals surface area contributed by atoms with Crippen LogP contribution in [-0.4, -0.2) is 43.9 Å². The van der Waals surface area contributed by atoms with Crippen molar-refractivity contribution in [1.82, 2.24) is 0 Å². The van der Waals surface area contributed by atoms with Gasteiger partial charge in [0, 0.05) is 0 Å². The van der Waals surface area contributed by atoms with Crippen molar-refractivity contribution in [2.75, 3.05) is 0 Å². The molecule has 0 N–H and O–H groups in total. The molecule has 0 aliphatic heterocycles. The molecule has 0 atom stereocenters. The molecular formula is C20H38CoN4. The quantitative estimate of drug-likeness (QED) is 0.590. The maximum absolute atomic E-state index is 4.84. The van der Waals surface area contributed by atoms with Gasteiger partial charge in [-0.2, -0.15) is 0 Å². The second-order valence-corrected chi connectivity index (χ2v) is 11.4. The van der Waals surface area contributed by atoms with E-state index in [4.69, 9.17) is 9.98 Å². The molecule has 0 aliphatic rings. The molecule has 25 heavy (non-hydrogen) atoms. The third-order valence-corrected chi connectivity index (χ3v) is 3.19. The van der Waals surface area contributed by atoms with E-state index in [0.717, 1.165) is 24.0 Å². The van der Waals surface area contributed by atoms with Crippen LogP contribution in [-0.2, 0) is 14.7 Å². The molecule has 0 aromatic carbocycles. The van der Waals surface area contributed by atoms with E-state index in [-0.39, 0.29) is 22.2 Å². The second-order valence-electron chi connectivity index (χ2n) is 10.1. The normalized spacial score (nSPS) is 16.5. The Morgan fingerprint density at radius 2 is 0.800 bits per heavy atom. The molecular weight excluding hydrogens is 355 g/mol. The standard InChI is InChI=1S/2C10H19N2.Co/c2*1-9(2,3)11-7-8-12-10(4,5)6;/h2*7H,1-6H3;. The minimum absolute atomic E-state index is 0.131. The zero-order chi connectivity index (χ0) is 20.1. The van der Waals surface area contributed by atoms with Crippen LogP contribution in [0, 0.1) is 0 Å². The fourth-order valence-electron chi connectivity index (χ4n) is 1.32. The van der Waals surface area contributed by atoms with Crippen LogP contribution in [0.15, 0.2) is 20.0 Å². The van der Waals surface area contributed by atoms with E-state index < -0.39 is 0 Å². The Kier molecular flexibility index (Phi) is 8.43. The van der Waals surface area contributed by atoms with Gasteiger partial charge in [0.05, 0.1) is 0 Å². The van der Waals surface area contributed by atoms with E-state index >= 15 is 0 Å². The molecule has 4 nitrogen and oxygen atoms in total. The van der Waals surface area contributed by atoms with Crippen LogP contribution in [0.4, 0.5) is 0 Å². The van der Waals surface area contributed by atoms with Crippen molar-refractivity contribution >= 4 is 21.7 Å². The van der Waals surface area contributed by atoms with Crippen LogP contribution in [0.3, 0.4) is 0 Å². The Hall–Kier alpha value is -0.814. The first kappa shape index (κ1) is 24.2. The molecule has 0 rings (SSSR count). The zero-order valence-corrected chi connectivity index (χ0v) is 19.3. The van der Waals surface area contributed by atoms with Crippen molar-refractivity contribution < 1.29 is 14.7 Å². The molecule has 0 fully saturated rings. The fraction of sp³-hybridized carbons (Fsp3) is 0.800. The van der Waals surface area contributed by atoms with Crippen LogP contribution >= 0.6 is 0 Å². The van der Waals surface area contributed by atoms with Gasteiger partial charge < -0.3 is 0 Å². The van der Waals surface area contributed by atoms with Crippen molar-refractivity contribution in [2.24, 2.45) is 20.0 Å². The van der Waals surface area contributed by atoms with Crippen molar-refractivity contribution in [3.8, 4) is 0 Å². The van der Waals surface area contributed by atoms with E-state index in [9.17, 15) is 0 Å². The average Bonchev–Trinajstić information content (AvgIpc) is 2.27. The Labute approximate surface area is 161 Å². The SMILES string of the molecule is CC(C)(C)N=C[C](=NC(C)(C)C)[Co][C](C=NC(C)(C)C)=NC(C)(C)C. The molecule has 0 radical (unpaired) electrons. The molecule has 5 heteroatoms. The van der Waals surface area contributed by atoms with Gasteiger partial charge in [0.1, 0.15) is 0 Å². The van der Waals surface area contributed by atoms with Gasteiger partial charge in [-0.1, -0.05) is 0 Å². The van der Waals surface area contributed by atoms with Gasteiger partial charge in [-0.15, -0.1) is 0 Å². The van der Waals surface area contributed by atoms with Crippen LogP contribution in [0.25, 0.3) is 0 Å². The number of nitrogens with zero attached hydrogens (tertiary/aromatic N) is 4. The van der Waals surface area contributed by atoms with Gasteiger partial charge >= 0.3 is 162 Å². The van der Waals surface area contributed by atoms with Crippen LogP contribution in [0.1, 0.15) is 83.1 Å². The number of rotatable bonds is 4. The summed E-state index contributed by atoms with van der Waals surface area (Å²) in [4.78, 5) is 18.9. The van der Waals surface area contributed by atoms with Gasteiger partial charge in [-0.05, 0) is 0 Å². The van der Waals surface area contributed by atoms with E-state index in [0.29, 0.717) is 0 Å². The predicted octanol–water partition coefficient (Wildman–Crippen LogP) is 5.20. The minimum atomic E-state index is -0.167. The number of hydrogen-bond donors (Lipinski definition) is 0. The van der Waals surface area contributed by atoms with Crippen molar-refractivity contribution in [2.45, 2.75) is 105 Å². The topological polar surface area (TPSA) is 49.4 Å². The summed E-state index contributed by atoms with van der Waals surface area (Å²) >= 11 is 0.968. The van der Waals surface area contributed by atoms with Crippen LogP contribution in [0.5, 0.6) is 0 Å². The summed E-state index contributed by atoms with van der Waals surface area (Å²) in [6.45, 7) is 25.1. The third-order valence-electron chi connectivity index (χ3n) is 2.15. The molecule has 0 aromatic heterocycles. The fourth-order valence-corrected chi connectivity index (χ4v) is 2.68. The molecule has 147 valence electrons. The molecule has 0 bridgehead atoms. The Morgan fingerprint density at radius 1 is 0.520 bits per heavy atom. The summed E-state index contributed by atoms with van der Waals surface area (Å²) in [5, 5.41) is 0. The Morgan fingerprint density at radius 3 is 1.00 bits per heavy atom. The van der Waals surface area contributed by atoms with Crippen molar-refractivity contribution in [1.29, 1.82) is 0 Å². The van der Waals surface area contributed by atoms with E-state index in [1.165, 1.54) is 0 Å². The van der Waals surface area contributed by atoms with Crippen LogP contribution < -0.4 is 0 Å². The van der Waals surface area contributed by atoms with E-state index in [2.05, 4.69) is 93.1 Å². The number of aliphatic imine (C=N–C) groups is 4. The van der Waals surface area contributed by atoms with Gasteiger partial charge in [0.15, 0.2) is 0 Å². The Balaban J connectivity index is 5.83. The summed E-state index contributed by atoms with van der Waals surface area (Å²) in [7, 11) is 0. The van der Waals surface area contributed by atoms with Gasteiger partial charge in [0.25, 0.3) is 0 Å². The summed E-state index contributed by atoms with van der Waals surface area (Å²) < 4.78 is 1.81. The third kappa shape index (κ3) is 16.4. The number of hydrogen-bond acceptors (Lipinski definition) is 4. The Bertz CT molecular complexity index is 492. The summed E-state index contributed by atoms with van der Waals surface area (Å²) in [6, 6.07) is 0. The van der Waals surface area contributed by atoms with E-state index in [1.807, 2.05) is 12.4 Å². The molecule has 0 saturated heterocycles. The summed E-state index contributed by atoms with van der Waals surface area (Å²) in [5.41, 5.74) is -0.596. The molecule has 0 amide bonds. The first-order valence-electron chi connectivity index (χ1n) is 8.77. The molecule has 0 heterocycles. The van der Waals surface area contributed by atoms with Crippen LogP contribution in [0.2, 0.25) is 0 Å². The summed E-state index contributed by atoms with van der Waals surface area (Å²) in [6.07, 6.45) is 3.77. The van der Waals surface area contributed by atoms with Gasteiger partial charge in [-0.3, -0.25) is 0 Å². The maximum atomic E-state index is 4.84. The molecule has 0 unspecified atom stereocenters. The molecule has 0 aliphatic carbocycles. The molecule has 0 spiro atoms. The second kappa shape index (κ2) is 8.72. The van der Waals surface area contributed by atoms with E-state index in [1.54, 1.807) is 0 Å². The van der Waals surface area contributed by atoms with Crippen molar-refractivity contribution in [3.05, 3.63) is 0 Å². The predicted molar refractivity (Wildman–Crippen MR) is 111 cm³/mol. The molecule has 0 saturated carbocycles. The van der Waals surface area contributed by atoms with Gasteiger partial charge in [0.2, 0.25) is 0 Å². The average molecular weight is 393 g/mol. The van der Waals surface area contributed by atoms with Gasteiger partial charge in [-0.25, -0.2) is 0 Å². The summed E-state index contributed by atoms with van der Waals surface area (Å²) in [5.74, 6) is 0. The first-order valence-corrected chi connectivity index (χ1v) is 9.81. The molecule has 0 aromatic rings. The zero-order valence-electron chi connectivity index (χ0n) is 18.3. The monoisotopic (exact) mass is 393 g/mol. The first-order chi connectivity index (χ1) is 10.9. The van der Waals surface area contributed by atoms with Crippen molar-refractivity contribution in [3.63, 3.8) is 0 Å².